The summed E-state index contributed by atoms with van der Waals surface area (Å²) >= 11 is 0. The Hall–Kier alpha value is -1.00. The van der Waals surface area contributed by atoms with Gasteiger partial charge in [0.25, 0.3) is 0 Å². The van der Waals surface area contributed by atoms with E-state index in [1.165, 1.54) is 0 Å². The molecule has 112 valence electrons. The van der Waals surface area contributed by atoms with E-state index in [-0.39, 0.29) is 11.6 Å². The van der Waals surface area contributed by atoms with Crippen LogP contribution in [0.15, 0.2) is 11.6 Å². The fourth-order valence-electron chi connectivity index (χ4n) is 5.14. The first kappa shape index (κ1) is 14.0. The van der Waals surface area contributed by atoms with Crippen LogP contribution in [0, 0.1) is 23.2 Å². The lowest BCUT2D eigenvalue weighted by molar-refractivity contribution is -0.141. The second-order valence-corrected chi connectivity index (χ2v) is 6.79. The molecule has 4 aliphatic rings. The van der Waals surface area contributed by atoms with Gasteiger partial charge < -0.3 is 4.74 Å². The number of halogens is 3. The first-order chi connectivity index (χ1) is 9.31. The van der Waals surface area contributed by atoms with Gasteiger partial charge in [0.2, 0.25) is 0 Å². The van der Waals surface area contributed by atoms with E-state index in [0.29, 0.717) is 17.8 Å². The van der Waals surface area contributed by atoms with Gasteiger partial charge in [-0.1, -0.05) is 0 Å². The Kier molecular flexibility index (Phi) is 3.14. The van der Waals surface area contributed by atoms with E-state index < -0.39 is 17.6 Å². The van der Waals surface area contributed by atoms with Crippen molar-refractivity contribution in [2.24, 2.45) is 23.2 Å². The zero-order valence-electron chi connectivity index (χ0n) is 11.5. The summed E-state index contributed by atoms with van der Waals surface area (Å²) in [5, 5.41) is 0. The number of ether oxygens (including phenoxy) is 1. The minimum atomic E-state index is -4.47. The molecule has 0 atom stereocenters. The molecule has 0 aromatic heterocycles. The number of esters is 1. The number of carbonyl (C=O) groups is 1. The third-order valence-corrected chi connectivity index (χ3v) is 5.32. The summed E-state index contributed by atoms with van der Waals surface area (Å²) in [6.45, 7) is 0. The third kappa shape index (κ3) is 2.35. The van der Waals surface area contributed by atoms with Crippen LogP contribution in [-0.2, 0) is 9.53 Å². The molecule has 4 fully saturated rings. The van der Waals surface area contributed by atoms with Crippen LogP contribution in [0.3, 0.4) is 0 Å². The van der Waals surface area contributed by atoms with Gasteiger partial charge in [0.1, 0.15) is 0 Å². The monoisotopic (exact) mass is 288 g/mol. The number of hydrogen-bond donors (Lipinski definition) is 0. The highest BCUT2D eigenvalue weighted by Crippen LogP contribution is 2.63. The molecule has 0 aliphatic heterocycles. The predicted octanol–water partition coefficient (Wildman–Crippen LogP) is 3.86. The minimum absolute atomic E-state index is 0.133. The van der Waals surface area contributed by atoms with E-state index >= 15 is 0 Å². The van der Waals surface area contributed by atoms with E-state index in [4.69, 9.17) is 0 Å². The van der Waals surface area contributed by atoms with Crippen molar-refractivity contribution < 1.29 is 22.7 Å². The largest absolute Gasteiger partial charge is 0.466 e. The van der Waals surface area contributed by atoms with Crippen molar-refractivity contribution in [2.75, 3.05) is 7.11 Å². The third-order valence-electron chi connectivity index (χ3n) is 5.32. The number of carbonyl (C=O) groups excluding carboxylic acids is 1. The van der Waals surface area contributed by atoms with Crippen LogP contribution < -0.4 is 0 Å². The van der Waals surface area contributed by atoms with Crippen molar-refractivity contribution in [3.05, 3.63) is 11.6 Å². The number of alkyl halides is 3. The molecule has 0 spiro atoms. The molecule has 0 radical (unpaired) electrons. The Bertz CT molecular complexity index is 415. The van der Waals surface area contributed by atoms with Gasteiger partial charge in [-0.15, -0.1) is 0 Å². The Morgan fingerprint density at radius 2 is 1.55 bits per heavy atom. The summed E-state index contributed by atoms with van der Waals surface area (Å²) in [6, 6.07) is 0. The molecule has 0 unspecified atom stereocenters. The molecule has 4 aliphatic carbocycles. The molecule has 0 aromatic carbocycles. The van der Waals surface area contributed by atoms with Gasteiger partial charge in [-0.25, -0.2) is 4.79 Å². The van der Waals surface area contributed by atoms with Crippen LogP contribution >= 0.6 is 0 Å². The normalized spacial score (nSPS) is 40.0. The second kappa shape index (κ2) is 4.50. The van der Waals surface area contributed by atoms with Crippen LogP contribution in [-0.4, -0.2) is 19.3 Å². The van der Waals surface area contributed by atoms with E-state index in [1.54, 1.807) is 0 Å². The Morgan fingerprint density at radius 1 is 1.10 bits per heavy atom. The molecular formula is C15H19F3O2. The van der Waals surface area contributed by atoms with Crippen LogP contribution in [0.2, 0.25) is 0 Å². The van der Waals surface area contributed by atoms with Crippen LogP contribution in [0.5, 0.6) is 0 Å². The molecule has 20 heavy (non-hydrogen) atoms. The van der Waals surface area contributed by atoms with Gasteiger partial charge in [0, 0.05) is 17.1 Å². The summed E-state index contributed by atoms with van der Waals surface area (Å²) in [5.74, 6) is 0.664. The van der Waals surface area contributed by atoms with Gasteiger partial charge in [-0.3, -0.25) is 0 Å². The highest BCUT2D eigenvalue weighted by atomic mass is 19.4. The smallest absolute Gasteiger partial charge is 0.410 e. The van der Waals surface area contributed by atoms with E-state index in [0.717, 1.165) is 45.6 Å². The first-order valence-electron chi connectivity index (χ1n) is 7.20. The van der Waals surface area contributed by atoms with Gasteiger partial charge in [-0.2, -0.15) is 13.2 Å². The van der Waals surface area contributed by atoms with Crippen molar-refractivity contribution >= 4 is 5.97 Å². The molecule has 0 N–H and O–H groups in total. The zero-order valence-corrected chi connectivity index (χ0v) is 11.5. The minimum Gasteiger partial charge on any atom is -0.466 e. The standard InChI is InChI=1S/C15H19F3O2/c1-20-13(19)12(8-15(16,17)18)14-5-9-2-10(6-14)4-11(3-9)7-14/h8-11H,2-7H2,1H3. The summed E-state index contributed by atoms with van der Waals surface area (Å²) < 4.78 is 43.0. The summed E-state index contributed by atoms with van der Waals surface area (Å²) in [6.07, 6.45) is 1.26. The maximum Gasteiger partial charge on any atom is 0.410 e. The topological polar surface area (TPSA) is 26.3 Å². The highest BCUT2D eigenvalue weighted by molar-refractivity contribution is 5.90. The maximum absolute atomic E-state index is 12.8. The molecule has 0 saturated heterocycles. The Morgan fingerprint density at radius 3 is 1.90 bits per heavy atom. The highest BCUT2D eigenvalue weighted by Gasteiger charge is 2.54. The van der Waals surface area contributed by atoms with Crippen molar-refractivity contribution in [3.8, 4) is 0 Å². The van der Waals surface area contributed by atoms with Crippen LogP contribution in [0.4, 0.5) is 13.2 Å². The van der Waals surface area contributed by atoms with Crippen molar-refractivity contribution in [2.45, 2.75) is 44.7 Å². The predicted molar refractivity (Wildman–Crippen MR) is 66.8 cm³/mol. The SMILES string of the molecule is COC(=O)C(=CC(F)(F)F)C12CC3CC(CC(C3)C1)C2. The molecule has 4 rings (SSSR count). The Balaban J connectivity index is 1.99. The maximum atomic E-state index is 12.8. The fraction of sp³-hybridized carbons (Fsp3) is 0.800. The lowest BCUT2D eigenvalue weighted by Gasteiger charge is -2.57. The molecule has 0 aromatic rings. The van der Waals surface area contributed by atoms with E-state index in [2.05, 4.69) is 4.74 Å². The Labute approximate surface area is 116 Å². The zero-order chi connectivity index (χ0) is 14.5. The number of hydrogen-bond acceptors (Lipinski definition) is 2. The van der Waals surface area contributed by atoms with E-state index in [1.807, 2.05) is 0 Å². The lowest BCUT2D eigenvalue weighted by Crippen LogP contribution is -2.48. The molecule has 0 heterocycles. The quantitative estimate of drug-likeness (QED) is 0.569. The molecule has 4 saturated carbocycles. The lowest BCUT2D eigenvalue weighted by atomic mass is 9.47. The number of rotatable bonds is 2. The molecule has 2 nitrogen and oxygen atoms in total. The second-order valence-electron chi connectivity index (χ2n) is 6.79. The number of methoxy groups -OCH3 is 1. The average Bonchev–Trinajstić information content (AvgIpc) is 2.32. The first-order valence-corrected chi connectivity index (χ1v) is 7.20. The van der Waals surface area contributed by atoms with Crippen LogP contribution in [0.25, 0.3) is 0 Å². The average molecular weight is 288 g/mol. The molecule has 4 bridgehead atoms. The molecule has 0 amide bonds. The van der Waals surface area contributed by atoms with Gasteiger partial charge in [-0.05, 0) is 56.3 Å². The number of allylic oxidation sites excluding steroid dienone is 1. The van der Waals surface area contributed by atoms with E-state index in [9.17, 15) is 18.0 Å². The summed E-state index contributed by atoms with van der Waals surface area (Å²) in [5.41, 5.74) is -0.719. The van der Waals surface area contributed by atoms with Gasteiger partial charge in [0.05, 0.1) is 7.11 Å². The van der Waals surface area contributed by atoms with Crippen molar-refractivity contribution in [1.82, 2.24) is 0 Å². The van der Waals surface area contributed by atoms with Crippen LogP contribution in [0.1, 0.15) is 38.5 Å². The summed E-state index contributed by atoms with van der Waals surface area (Å²) in [7, 11) is 1.16. The van der Waals surface area contributed by atoms with Gasteiger partial charge >= 0.3 is 12.1 Å². The fourth-order valence-corrected chi connectivity index (χ4v) is 5.14. The molecule has 5 heteroatoms. The summed E-state index contributed by atoms with van der Waals surface area (Å²) in [4.78, 5) is 11.9. The molecular weight excluding hydrogens is 269 g/mol. The van der Waals surface area contributed by atoms with Crippen molar-refractivity contribution in [1.29, 1.82) is 0 Å². The van der Waals surface area contributed by atoms with Crippen molar-refractivity contribution in [3.63, 3.8) is 0 Å². The van der Waals surface area contributed by atoms with Gasteiger partial charge in [0.15, 0.2) is 0 Å².